The lowest BCUT2D eigenvalue weighted by Gasteiger charge is -2.50. The third-order valence-corrected chi connectivity index (χ3v) is 5.59. The van der Waals surface area contributed by atoms with Crippen LogP contribution in [-0.4, -0.2) is 34.7 Å². The van der Waals surface area contributed by atoms with Gasteiger partial charge in [-0.15, -0.1) is 0 Å². The number of nitrogens with one attached hydrogen (secondary N) is 1. The topological polar surface area (TPSA) is 41.6 Å². The number of rotatable bonds is 3. The van der Waals surface area contributed by atoms with Gasteiger partial charge in [0.25, 0.3) is 0 Å². The van der Waals surface area contributed by atoms with Crippen LogP contribution in [0.15, 0.2) is 30.3 Å². The maximum atomic E-state index is 12.3. The molecular weight excluding hydrogens is 312 g/mol. The highest BCUT2D eigenvalue weighted by atomic mass is 16.6. The summed E-state index contributed by atoms with van der Waals surface area (Å²) in [6.07, 6.45) is -0.313. The Morgan fingerprint density at radius 3 is 2.04 bits per heavy atom. The third kappa shape index (κ3) is 4.97. The molecule has 0 saturated carbocycles. The summed E-state index contributed by atoms with van der Waals surface area (Å²) in [6.45, 7) is 15.6. The van der Waals surface area contributed by atoms with Crippen LogP contribution in [0.1, 0.15) is 54.0 Å². The van der Waals surface area contributed by atoms with Crippen molar-refractivity contribution in [1.29, 1.82) is 0 Å². The summed E-state index contributed by atoms with van der Waals surface area (Å²) in [5.74, 6) is 0.699. The van der Waals surface area contributed by atoms with Crippen LogP contribution in [0.5, 0.6) is 0 Å². The van der Waals surface area contributed by atoms with Crippen molar-refractivity contribution in [3.8, 4) is 0 Å². The molecule has 1 aliphatic heterocycles. The fourth-order valence-corrected chi connectivity index (χ4v) is 3.84. The van der Waals surface area contributed by atoms with E-state index in [1.54, 1.807) is 0 Å². The van der Waals surface area contributed by atoms with Crippen LogP contribution in [-0.2, 0) is 11.3 Å². The van der Waals surface area contributed by atoms with Gasteiger partial charge in [-0.1, -0.05) is 44.2 Å². The molecule has 4 nitrogen and oxygen atoms in total. The second kappa shape index (κ2) is 7.77. The molecule has 1 aromatic carbocycles. The number of amides is 1. The average molecular weight is 347 g/mol. The summed E-state index contributed by atoms with van der Waals surface area (Å²) in [5, 5.41) is 3.13. The summed E-state index contributed by atoms with van der Waals surface area (Å²) in [6, 6.07) is 11.5. The van der Waals surface area contributed by atoms with Gasteiger partial charge in [0.15, 0.2) is 0 Å². The van der Waals surface area contributed by atoms with Gasteiger partial charge < -0.3 is 10.1 Å². The molecule has 1 fully saturated rings. The standard InChI is InChI=1S/C21H34N2O2/c1-14-16(3)23(13-18-11-9-8-10-12-18)17(4)15(2)19(14)22-20(24)25-21(5,6)7/h8-12,14-17,19H,13H2,1-7H3,(H,22,24)/t14-,15+,16-,17-,19?/m1/s1. The minimum atomic E-state index is -0.470. The van der Waals surface area contributed by atoms with Gasteiger partial charge in [-0.2, -0.15) is 0 Å². The summed E-state index contributed by atoms with van der Waals surface area (Å²) in [7, 11) is 0. The van der Waals surface area contributed by atoms with E-state index < -0.39 is 5.60 Å². The normalized spacial score (nSPS) is 30.8. The first kappa shape index (κ1) is 19.8. The van der Waals surface area contributed by atoms with Crippen LogP contribution < -0.4 is 5.32 Å². The summed E-state index contributed by atoms with van der Waals surface area (Å²) < 4.78 is 5.47. The van der Waals surface area contributed by atoms with Crippen molar-refractivity contribution >= 4 is 6.09 Å². The maximum Gasteiger partial charge on any atom is 0.407 e. The molecule has 0 aromatic heterocycles. The lowest BCUT2D eigenvalue weighted by Crippen LogP contribution is -2.62. The molecule has 0 radical (unpaired) electrons. The van der Waals surface area contributed by atoms with Gasteiger partial charge in [0.05, 0.1) is 0 Å². The number of carbonyl (C=O) groups excluding carboxylic acids is 1. The summed E-state index contributed by atoms with van der Waals surface area (Å²) in [4.78, 5) is 14.8. The Morgan fingerprint density at radius 1 is 1.04 bits per heavy atom. The van der Waals surface area contributed by atoms with E-state index in [9.17, 15) is 4.79 Å². The Morgan fingerprint density at radius 2 is 1.56 bits per heavy atom. The SMILES string of the molecule is C[C@@H]1C(NC(=O)OC(C)(C)C)[C@H](C)[C@@H](C)N(Cc2ccccc2)[C@@H]1C. The van der Waals surface area contributed by atoms with Gasteiger partial charge in [0.1, 0.15) is 5.60 Å². The van der Waals surface area contributed by atoms with Gasteiger partial charge in [-0.05, 0) is 52.0 Å². The van der Waals surface area contributed by atoms with Crippen molar-refractivity contribution in [3.05, 3.63) is 35.9 Å². The van der Waals surface area contributed by atoms with Gasteiger partial charge in [-0.3, -0.25) is 4.90 Å². The van der Waals surface area contributed by atoms with E-state index in [0.717, 1.165) is 6.54 Å². The molecule has 140 valence electrons. The number of likely N-dealkylation sites (tertiary alicyclic amines) is 1. The molecule has 1 aromatic rings. The van der Waals surface area contributed by atoms with Crippen LogP contribution in [0.4, 0.5) is 4.79 Å². The Balaban J connectivity index is 2.09. The lowest BCUT2D eigenvalue weighted by molar-refractivity contribution is -0.0119. The molecule has 1 unspecified atom stereocenters. The van der Waals surface area contributed by atoms with Crippen LogP contribution in [0.2, 0.25) is 0 Å². The molecule has 1 amide bonds. The van der Waals surface area contributed by atoms with Gasteiger partial charge in [0.2, 0.25) is 0 Å². The first-order chi connectivity index (χ1) is 11.6. The highest BCUT2D eigenvalue weighted by Gasteiger charge is 2.42. The van der Waals surface area contributed by atoms with Gasteiger partial charge in [-0.25, -0.2) is 4.79 Å². The van der Waals surface area contributed by atoms with E-state index >= 15 is 0 Å². The molecule has 2 rings (SSSR count). The number of hydrogen-bond acceptors (Lipinski definition) is 3. The molecule has 1 saturated heterocycles. The average Bonchev–Trinajstić information content (AvgIpc) is 2.53. The molecule has 1 heterocycles. The largest absolute Gasteiger partial charge is 0.444 e. The van der Waals surface area contributed by atoms with Gasteiger partial charge >= 0.3 is 6.09 Å². The molecule has 0 spiro atoms. The second-order valence-electron chi connectivity index (χ2n) is 8.53. The molecule has 0 aliphatic carbocycles. The second-order valence-corrected chi connectivity index (χ2v) is 8.53. The van der Waals surface area contributed by atoms with Crippen LogP contribution in [0, 0.1) is 11.8 Å². The van der Waals surface area contributed by atoms with Crippen molar-refractivity contribution in [2.75, 3.05) is 0 Å². The smallest absolute Gasteiger partial charge is 0.407 e. The van der Waals surface area contributed by atoms with Crippen molar-refractivity contribution < 1.29 is 9.53 Å². The zero-order chi connectivity index (χ0) is 18.8. The zero-order valence-electron chi connectivity index (χ0n) is 16.7. The highest BCUT2D eigenvalue weighted by Crippen LogP contribution is 2.33. The minimum absolute atomic E-state index is 0.117. The minimum Gasteiger partial charge on any atom is -0.444 e. The number of hydrogen-bond donors (Lipinski definition) is 1. The van der Waals surface area contributed by atoms with Crippen LogP contribution in [0.3, 0.4) is 0 Å². The van der Waals surface area contributed by atoms with Crippen LogP contribution >= 0.6 is 0 Å². The number of piperidine rings is 1. The Bertz CT molecular complexity index is 551. The predicted octanol–water partition coefficient (Wildman–Crippen LogP) is 4.44. The van der Waals surface area contributed by atoms with E-state index in [2.05, 4.69) is 68.2 Å². The van der Waals surface area contributed by atoms with E-state index in [4.69, 9.17) is 4.74 Å². The maximum absolute atomic E-state index is 12.3. The predicted molar refractivity (Wildman–Crippen MR) is 102 cm³/mol. The highest BCUT2D eigenvalue weighted by molar-refractivity contribution is 5.68. The Kier molecular flexibility index (Phi) is 6.15. The molecule has 4 heteroatoms. The summed E-state index contributed by atoms with van der Waals surface area (Å²) in [5.41, 5.74) is 0.862. The lowest BCUT2D eigenvalue weighted by atomic mass is 9.76. The fraction of sp³-hybridized carbons (Fsp3) is 0.667. The molecule has 1 aliphatic rings. The van der Waals surface area contributed by atoms with Crippen molar-refractivity contribution in [1.82, 2.24) is 10.2 Å². The van der Waals surface area contributed by atoms with E-state index in [-0.39, 0.29) is 12.1 Å². The summed E-state index contributed by atoms with van der Waals surface area (Å²) >= 11 is 0. The molecular formula is C21H34N2O2. The number of alkyl carbamates (subject to hydrolysis) is 1. The van der Waals surface area contributed by atoms with Crippen molar-refractivity contribution in [3.63, 3.8) is 0 Å². The fourth-order valence-electron chi connectivity index (χ4n) is 3.84. The number of carbonyl (C=O) groups is 1. The monoisotopic (exact) mass is 346 g/mol. The van der Waals surface area contributed by atoms with Crippen molar-refractivity contribution in [2.45, 2.75) is 78.7 Å². The van der Waals surface area contributed by atoms with E-state index in [1.165, 1.54) is 5.56 Å². The van der Waals surface area contributed by atoms with E-state index in [1.807, 2.05) is 20.8 Å². The third-order valence-electron chi connectivity index (χ3n) is 5.59. The van der Waals surface area contributed by atoms with E-state index in [0.29, 0.717) is 23.9 Å². The van der Waals surface area contributed by atoms with Crippen LogP contribution in [0.25, 0.3) is 0 Å². The first-order valence-electron chi connectivity index (χ1n) is 9.39. The number of benzene rings is 1. The number of nitrogens with zero attached hydrogens (tertiary/aromatic N) is 1. The van der Waals surface area contributed by atoms with Gasteiger partial charge in [0, 0.05) is 24.7 Å². The zero-order valence-corrected chi connectivity index (χ0v) is 16.7. The quantitative estimate of drug-likeness (QED) is 0.879. The molecule has 5 atom stereocenters. The Hall–Kier alpha value is -1.55. The number of ether oxygens (including phenoxy) is 1. The molecule has 25 heavy (non-hydrogen) atoms. The first-order valence-corrected chi connectivity index (χ1v) is 9.39. The Labute approximate surface area is 152 Å². The molecule has 0 bridgehead atoms. The van der Waals surface area contributed by atoms with Crippen molar-refractivity contribution in [2.24, 2.45) is 11.8 Å². The molecule has 1 N–H and O–H groups in total.